The van der Waals surface area contributed by atoms with Crippen molar-refractivity contribution in [2.75, 3.05) is 6.54 Å². The average molecular weight is 346 g/mol. The molecule has 4 rings (SSSR count). The predicted molar refractivity (Wildman–Crippen MR) is 99.9 cm³/mol. The summed E-state index contributed by atoms with van der Waals surface area (Å²) in [6.45, 7) is 5.27. The largest absolute Gasteiger partial charge is 0.390 e. The molecule has 0 saturated heterocycles. The first-order chi connectivity index (χ1) is 11.9. The van der Waals surface area contributed by atoms with Gasteiger partial charge in [-0.15, -0.1) is 0 Å². The van der Waals surface area contributed by atoms with Gasteiger partial charge in [0.15, 0.2) is 0 Å². The van der Waals surface area contributed by atoms with Gasteiger partial charge in [0.2, 0.25) is 0 Å². The molecule has 0 radical (unpaired) electrons. The van der Waals surface area contributed by atoms with Crippen LogP contribution in [0, 0.1) is 40.9 Å². The highest BCUT2D eigenvalue weighted by Crippen LogP contribution is 2.63. The van der Waals surface area contributed by atoms with E-state index in [-0.39, 0.29) is 0 Å². The second-order valence-corrected chi connectivity index (χ2v) is 10.3. The summed E-state index contributed by atoms with van der Waals surface area (Å²) >= 11 is 0. The van der Waals surface area contributed by atoms with Crippen molar-refractivity contribution in [2.45, 2.75) is 83.7 Å². The molecule has 4 heteroatoms. The number of rotatable bonds is 2. The summed E-state index contributed by atoms with van der Waals surface area (Å²) in [6.07, 6.45) is 12.6. The summed E-state index contributed by atoms with van der Waals surface area (Å²) in [5.41, 5.74) is 8.75. The van der Waals surface area contributed by atoms with Crippen molar-refractivity contribution in [3.8, 4) is 0 Å². The van der Waals surface area contributed by atoms with E-state index in [9.17, 15) is 5.11 Å². The highest BCUT2D eigenvalue weighted by atomic mass is 16.3. The van der Waals surface area contributed by atoms with Crippen LogP contribution >= 0.6 is 0 Å². The summed E-state index contributed by atoms with van der Waals surface area (Å²) in [5, 5.41) is 14.5. The fraction of sp³-hybridized carbons (Fsp3) is 1.00. The molecule has 4 nitrogen and oxygen atoms in total. The molecule has 0 aliphatic heterocycles. The minimum atomic E-state index is -0.414. The SMILES string of the molecule is C[C@@]1(O)CC[C@H]2[C@H](CC[C@@H]3[C@@H]2CC[C@]2(C)[C@@H](CN=[N+]=[N-])CCC[C@@H]32)C1. The summed E-state index contributed by atoms with van der Waals surface area (Å²) in [6, 6.07) is 0. The van der Waals surface area contributed by atoms with E-state index in [1.807, 2.05) is 0 Å². The van der Waals surface area contributed by atoms with Crippen LogP contribution in [0.1, 0.15) is 78.1 Å². The quantitative estimate of drug-likeness (QED) is 0.389. The number of azide groups is 1. The maximum atomic E-state index is 10.5. The number of fused-ring (bicyclic) bond motifs is 5. The van der Waals surface area contributed by atoms with Crippen molar-refractivity contribution >= 4 is 0 Å². The van der Waals surface area contributed by atoms with E-state index < -0.39 is 5.60 Å². The number of hydrogen-bond donors (Lipinski definition) is 1. The molecule has 0 amide bonds. The van der Waals surface area contributed by atoms with Gasteiger partial charge in [-0.05, 0) is 111 Å². The Hall–Kier alpha value is -0.730. The highest BCUT2D eigenvalue weighted by molar-refractivity contribution is 5.05. The lowest BCUT2D eigenvalue weighted by Gasteiger charge is -2.61. The minimum Gasteiger partial charge on any atom is -0.390 e. The molecule has 4 aliphatic carbocycles. The molecule has 0 heterocycles. The molecule has 0 unspecified atom stereocenters. The van der Waals surface area contributed by atoms with Crippen LogP contribution in [0.25, 0.3) is 10.4 Å². The Labute approximate surface area is 152 Å². The van der Waals surface area contributed by atoms with Crippen molar-refractivity contribution < 1.29 is 5.11 Å². The van der Waals surface area contributed by atoms with Crippen molar-refractivity contribution in [1.29, 1.82) is 0 Å². The van der Waals surface area contributed by atoms with E-state index in [0.717, 1.165) is 42.4 Å². The monoisotopic (exact) mass is 345 g/mol. The maximum absolute atomic E-state index is 10.5. The summed E-state index contributed by atoms with van der Waals surface area (Å²) in [7, 11) is 0. The first kappa shape index (κ1) is 17.7. The Kier molecular flexibility index (Phi) is 4.57. The van der Waals surface area contributed by atoms with E-state index >= 15 is 0 Å². The fourth-order valence-electron chi connectivity index (χ4n) is 7.83. The average Bonchev–Trinajstić information content (AvgIpc) is 2.58. The van der Waals surface area contributed by atoms with Crippen molar-refractivity contribution in [3.63, 3.8) is 0 Å². The third kappa shape index (κ3) is 3.00. The zero-order valence-electron chi connectivity index (χ0n) is 16.0. The van der Waals surface area contributed by atoms with Gasteiger partial charge < -0.3 is 5.11 Å². The number of nitrogens with zero attached hydrogens (tertiary/aromatic N) is 3. The second-order valence-electron chi connectivity index (χ2n) is 10.3. The van der Waals surface area contributed by atoms with Gasteiger partial charge in [-0.3, -0.25) is 0 Å². The van der Waals surface area contributed by atoms with Crippen LogP contribution in [0.2, 0.25) is 0 Å². The molecule has 0 aromatic rings. The van der Waals surface area contributed by atoms with Gasteiger partial charge in [-0.25, -0.2) is 0 Å². The summed E-state index contributed by atoms with van der Waals surface area (Å²) in [5.74, 6) is 4.83. The predicted octanol–water partition coefficient (Wildman–Crippen LogP) is 5.71. The molecular formula is C21H35N3O. The molecule has 140 valence electrons. The lowest BCUT2D eigenvalue weighted by atomic mass is 9.45. The Balaban J connectivity index is 1.54. The van der Waals surface area contributed by atoms with Crippen LogP contribution in [0.15, 0.2) is 5.11 Å². The minimum absolute atomic E-state index is 0.389. The first-order valence-electron chi connectivity index (χ1n) is 10.7. The van der Waals surface area contributed by atoms with Crippen molar-refractivity contribution in [1.82, 2.24) is 0 Å². The van der Waals surface area contributed by atoms with Gasteiger partial charge in [0.1, 0.15) is 0 Å². The van der Waals surface area contributed by atoms with Crippen LogP contribution in [0.4, 0.5) is 0 Å². The first-order valence-corrected chi connectivity index (χ1v) is 10.7. The van der Waals surface area contributed by atoms with Gasteiger partial charge in [-0.2, -0.15) is 0 Å². The van der Waals surface area contributed by atoms with E-state index in [1.165, 1.54) is 51.4 Å². The molecule has 0 bridgehead atoms. The molecule has 1 N–H and O–H groups in total. The second kappa shape index (κ2) is 6.46. The Morgan fingerprint density at radius 3 is 2.60 bits per heavy atom. The Bertz CT molecular complexity index is 555. The topological polar surface area (TPSA) is 69.0 Å². The highest BCUT2D eigenvalue weighted by Gasteiger charge is 2.55. The van der Waals surface area contributed by atoms with Crippen LogP contribution in [0.3, 0.4) is 0 Å². The number of aliphatic hydroxyl groups is 1. The van der Waals surface area contributed by atoms with Gasteiger partial charge in [0.05, 0.1) is 5.60 Å². The van der Waals surface area contributed by atoms with Gasteiger partial charge in [0.25, 0.3) is 0 Å². The Morgan fingerprint density at radius 1 is 1.00 bits per heavy atom. The van der Waals surface area contributed by atoms with Crippen LogP contribution in [-0.4, -0.2) is 17.3 Å². The molecule has 0 aromatic carbocycles. The van der Waals surface area contributed by atoms with Gasteiger partial charge in [0, 0.05) is 11.5 Å². The van der Waals surface area contributed by atoms with Gasteiger partial charge >= 0.3 is 0 Å². The van der Waals surface area contributed by atoms with E-state index in [4.69, 9.17) is 5.53 Å². The van der Waals surface area contributed by atoms with Crippen molar-refractivity contribution in [3.05, 3.63) is 10.4 Å². The van der Waals surface area contributed by atoms with Crippen LogP contribution in [-0.2, 0) is 0 Å². The fourth-order valence-corrected chi connectivity index (χ4v) is 7.83. The lowest BCUT2D eigenvalue weighted by molar-refractivity contribution is -0.125. The zero-order valence-corrected chi connectivity index (χ0v) is 16.0. The molecule has 4 saturated carbocycles. The third-order valence-corrected chi connectivity index (χ3v) is 9.04. The smallest absolute Gasteiger partial charge is 0.0622 e. The molecule has 25 heavy (non-hydrogen) atoms. The third-order valence-electron chi connectivity index (χ3n) is 9.04. The summed E-state index contributed by atoms with van der Waals surface area (Å²) < 4.78 is 0. The van der Waals surface area contributed by atoms with E-state index in [1.54, 1.807) is 0 Å². The number of hydrogen-bond acceptors (Lipinski definition) is 2. The normalized spacial score (nSPS) is 52.3. The molecule has 8 atom stereocenters. The standard InChI is InChI=1S/C21H35N3O/c1-20(25)10-8-16-14(12-20)6-7-18-17(16)9-11-21(2)15(13-23-24-22)4-3-5-19(18)21/h14-19,25H,3-13H2,1-2H3/t14-,15-,16+,17-,18-,19+,20-,21-/m1/s1. The van der Waals surface area contributed by atoms with Crippen LogP contribution in [0.5, 0.6) is 0 Å². The molecule has 4 fully saturated rings. The molecular weight excluding hydrogens is 310 g/mol. The van der Waals surface area contributed by atoms with Crippen molar-refractivity contribution in [2.24, 2.45) is 46.0 Å². The molecule has 0 spiro atoms. The van der Waals surface area contributed by atoms with E-state index in [2.05, 4.69) is 23.9 Å². The van der Waals surface area contributed by atoms with E-state index in [0.29, 0.717) is 17.9 Å². The van der Waals surface area contributed by atoms with Gasteiger partial charge in [-0.1, -0.05) is 18.5 Å². The van der Waals surface area contributed by atoms with Crippen LogP contribution < -0.4 is 0 Å². The lowest BCUT2D eigenvalue weighted by Crippen LogP contribution is -2.54. The summed E-state index contributed by atoms with van der Waals surface area (Å²) in [4.78, 5) is 3.05. The zero-order chi connectivity index (χ0) is 17.7. The Morgan fingerprint density at radius 2 is 1.80 bits per heavy atom. The molecule has 0 aromatic heterocycles. The molecule has 4 aliphatic rings. The maximum Gasteiger partial charge on any atom is 0.0622 e.